The largest absolute Gasteiger partial charge is 0.440 e. The molecule has 164 valence electrons. The number of carbonyl (C=O) groups is 2. The van der Waals surface area contributed by atoms with Crippen molar-refractivity contribution in [1.29, 1.82) is 0 Å². The number of ether oxygens (including phenoxy) is 2. The van der Waals surface area contributed by atoms with Crippen LogP contribution in [0, 0.1) is 11.3 Å². The van der Waals surface area contributed by atoms with Crippen molar-refractivity contribution in [1.82, 2.24) is 14.9 Å². The van der Waals surface area contributed by atoms with Gasteiger partial charge in [-0.3, -0.25) is 9.69 Å². The molecule has 1 spiro atoms. The number of likely N-dealkylation sites (tertiary alicyclic amines) is 1. The van der Waals surface area contributed by atoms with Gasteiger partial charge < -0.3 is 14.4 Å². The molecule has 0 unspecified atom stereocenters. The van der Waals surface area contributed by atoms with Gasteiger partial charge in [-0.25, -0.2) is 14.8 Å². The van der Waals surface area contributed by atoms with E-state index in [1.165, 1.54) is 6.33 Å². The zero-order chi connectivity index (χ0) is 21.4. The second-order valence-corrected chi connectivity index (χ2v) is 9.81. The van der Waals surface area contributed by atoms with Gasteiger partial charge in [-0.15, -0.1) is 0 Å². The number of anilines is 1. The molecule has 0 N–H and O–H groups in total. The molecule has 0 radical (unpaired) electrons. The van der Waals surface area contributed by atoms with Crippen molar-refractivity contribution in [2.75, 3.05) is 37.7 Å². The Morgan fingerprint density at radius 3 is 2.57 bits per heavy atom. The average molecular weight is 417 g/mol. The summed E-state index contributed by atoms with van der Waals surface area (Å²) >= 11 is 0. The molecule has 4 heterocycles. The van der Waals surface area contributed by atoms with Crippen LogP contribution in [0.5, 0.6) is 0 Å². The highest BCUT2D eigenvalue weighted by Gasteiger charge is 2.47. The third kappa shape index (κ3) is 4.43. The van der Waals surface area contributed by atoms with E-state index in [2.05, 4.69) is 9.97 Å². The maximum atomic E-state index is 12.5. The number of piperidine rings is 1. The van der Waals surface area contributed by atoms with Gasteiger partial charge in [0.15, 0.2) is 0 Å². The fourth-order valence-electron chi connectivity index (χ4n) is 4.56. The van der Waals surface area contributed by atoms with Crippen molar-refractivity contribution in [2.24, 2.45) is 11.3 Å². The molecule has 0 aromatic carbocycles. The standard InChI is InChI=1S/C22H32N4O4/c1-21(2,3)19(27)25-8-4-16(5-9-25)12-17-13-18(24-15-23-17)26-14-22(30-20(26)28)6-10-29-11-7-22/h13,15-16H,4-12,14H2,1-3H3. The van der Waals surface area contributed by atoms with Crippen LogP contribution in [-0.2, 0) is 20.7 Å². The van der Waals surface area contributed by atoms with Gasteiger partial charge in [-0.2, -0.15) is 0 Å². The van der Waals surface area contributed by atoms with Crippen molar-refractivity contribution in [2.45, 2.75) is 58.5 Å². The van der Waals surface area contributed by atoms with E-state index in [0.717, 1.165) is 50.9 Å². The Hall–Kier alpha value is -2.22. The van der Waals surface area contributed by atoms with E-state index in [4.69, 9.17) is 9.47 Å². The topological polar surface area (TPSA) is 84.9 Å². The van der Waals surface area contributed by atoms with Gasteiger partial charge in [0.1, 0.15) is 17.7 Å². The molecule has 1 aromatic rings. The quantitative estimate of drug-likeness (QED) is 0.753. The molecular weight excluding hydrogens is 384 g/mol. The summed E-state index contributed by atoms with van der Waals surface area (Å²) in [6, 6.07) is 1.91. The molecule has 30 heavy (non-hydrogen) atoms. The molecule has 8 heteroatoms. The van der Waals surface area contributed by atoms with Gasteiger partial charge in [-0.1, -0.05) is 20.8 Å². The van der Waals surface area contributed by atoms with Crippen LogP contribution >= 0.6 is 0 Å². The minimum absolute atomic E-state index is 0.222. The highest BCUT2D eigenvalue weighted by atomic mass is 16.6. The third-order valence-corrected chi connectivity index (χ3v) is 6.40. The summed E-state index contributed by atoms with van der Waals surface area (Å²) in [5, 5.41) is 0. The lowest BCUT2D eigenvalue weighted by molar-refractivity contribution is -0.140. The Morgan fingerprint density at radius 2 is 1.90 bits per heavy atom. The summed E-state index contributed by atoms with van der Waals surface area (Å²) in [6.07, 6.45) is 5.40. The Balaban J connectivity index is 1.37. The summed E-state index contributed by atoms with van der Waals surface area (Å²) in [4.78, 5) is 37.4. The maximum absolute atomic E-state index is 12.5. The Kier molecular flexibility index (Phi) is 5.70. The first-order valence-electron chi connectivity index (χ1n) is 10.9. The van der Waals surface area contributed by atoms with Gasteiger partial charge in [0.25, 0.3) is 0 Å². The van der Waals surface area contributed by atoms with E-state index >= 15 is 0 Å². The molecule has 3 saturated heterocycles. The Bertz CT molecular complexity index is 793. The monoisotopic (exact) mass is 416 g/mol. The number of amides is 2. The van der Waals surface area contributed by atoms with Crippen molar-refractivity contribution >= 4 is 17.8 Å². The number of carbonyl (C=O) groups excluding carboxylic acids is 2. The predicted molar refractivity (Wildman–Crippen MR) is 111 cm³/mol. The molecule has 2 amide bonds. The highest BCUT2D eigenvalue weighted by molar-refractivity contribution is 5.89. The summed E-state index contributed by atoms with van der Waals surface area (Å²) < 4.78 is 11.1. The first kappa shape index (κ1) is 21.0. The molecule has 0 aliphatic carbocycles. The minimum atomic E-state index is -0.452. The molecule has 4 rings (SSSR count). The van der Waals surface area contributed by atoms with Gasteiger partial charge in [0.05, 0.1) is 19.8 Å². The lowest BCUT2D eigenvalue weighted by Gasteiger charge is -2.35. The van der Waals surface area contributed by atoms with Crippen molar-refractivity contribution in [3.63, 3.8) is 0 Å². The SMILES string of the molecule is CC(C)(C)C(=O)N1CCC(Cc2cc(N3CC4(CCOCC4)OC3=O)ncn2)CC1. The lowest BCUT2D eigenvalue weighted by Crippen LogP contribution is -2.44. The lowest BCUT2D eigenvalue weighted by atomic mass is 9.89. The zero-order valence-corrected chi connectivity index (χ0v) is 18.2. The molecule has 3 aliphatic heterocycles. The van der Waals surface area contributed by atoms with Gasteiger partial charge in [-0.05, 0) is 25.2 Å². The van der Waals surface area contributed by atoms with Crippen LogP contribution in [0.3, 0.4) is 0 Å². The van der Waals surface area contributed by atoms with Crippen LogP contribution < -0.4 is 4.90 Å². The summed E-state index contributed by atoms with van der Waals surface area (Å²) in [6.45, 7) is 9.24. The van der Waals surface area contributed by atoms with Gasteiger partial charge in [0, 0.05) is 43.1 Å². The van der Waals surface area contributed by atoms with Crippen LogP contribution in [0.4, 0.5) is 10.6 Å². The molecule has 8 nitrogen and oxygen atoms in total. The summed E-state index contributed by atoms with van der Waals surface area (Å²) in [5.41, 5.74) is 0.147. The first-order valence-corrected chi connectivity index (χ1v) is 10.9. The van der Waals surface area contributed by atoms with Gasteiger partial charge >= 0.3 is 6.09 Å². The highest BCUT2D eigenvalue weighted by Crippen LogP contribution is 2.34. The molecule has 1 aromatic heterocycles. The number of nitrogens with zero attached hydrogens (tertiary/aromatic N) is 4. The predicted octanol–water partition coefficient (Wildman–Crippen LogP) is 2.81. The van der Waals surface area contributed by atoms with E-state index < -0.39 is 5.60 Å². The van der Waals surface area contributed by atoms with Crippen LogP contribution in [0.2, 0.25) is 0 Å². The molecule has 0 bridgehead atoms. The van der Waals surface area contributed by atoms with Crippen LogP contribution in [-0.4, -0.2) is 65.3 Å². The Labute approximate surface area is 177 Å². The second kappa shape index (κ2) is 8.13. The molecule has 0 atom stereocenters. The fourth-order valence-corrected chi connectivity index (χ4v) is 4.56. The molecular formula is C22H32N4O4. The molecule has 3 fully saturated rings. The Morgan fingerprint density at radius 1 is 1.20 bits per heavy atom. The second-order valence-electron chi connectivity index (χ2n) is 9.81. The van der Waals surface area contributed by atoms with E-state index in [9.17, 15) is 9.59 Å². The molecule has 0 saturated carbocycles. The van der Waals surface area contributed by atoms with Gasteiger partial charge in [0.2, 0.25) is 5.91 Å². The number of hydrogen-bond donors (Lipinski definition) is 0. The summed E-state index contributed by atoms with van der Waals surface area (Å²) in [5.74, 6) is 1.30. The van der Waals surface area contributed by atoms with Crippen LogP contribution in [0.1, 0.15) is 52.1 Å². The van der Waals surface area contributed by atoms with Crippen molar-refractivity contribution < 1.29 is 19.1 Å². The third-order valence-electron chi connectivity index (χ3n) is 6.40. The van der Waals surface area contributed by atoms with E-state index in [1.807, 2.05) is 31.7 Å². The van der Waals surface area contributed by atoms with Crippen LogP contribution in [0.25, 0.3) is 0 Å². The maximum Gasteiger partial charge on any atom is 0.416 e. The fraction of sp³-hybridized carbons (Fsp3) is 0.727. The average Bonchev–Trinajstić information content (AvgIpc) is 3.03. The zero-order valence-electron chi connectivity index (χ0n) is 18.2. The van der Waals surface area contributed by atoms with Crippen molar-refractivity contribution in [3.05, 3.63) is 18.1 Å². The number of hydrogen-bond acceptors (Lipinski definition) is 6. The van der Waals surface area contributed by atoms with Crippen LogP contribution in [0.15, 0.2) is 12.4 Å². The smallest absolute Gasteiger partial charge is 0.416 e. The number of rotatable bonds is 3. The first-order chi connectivity index (χ1) is 14.3. The van der Waals surface area contributed by atoms with E-state index in [0.29, 0.717) is 31.5 Å². The summed E-state index contributed by atoms with van der Waals surface area (Å²) in [7, 11) is 0. The minimum Gasteiger partial charge on any atom is -0.440 e. The van der Waals surface area contributed by atoms with E-state index in [-0.39, 0.29) is 17.4 Å². The van der Waals surface area contributed by atoms with E-state index in [1.54, 1.807) is 4.90 Å². The number of aromatic nitrogens is 2. The van der Waals surface area contributed by atoms with Crippen molar-refractivity contribution in [3.8, 4) is 0 Å². The normalized spacial score (nSPS) is 22.4. The molecule has 3 aliphatic rings.